The summed E-state index contributed by atoms with van der Waals surface area (Å²) in [5.41, 5.74) is 0.783. The minimum absolute atomic E-state index is 0.0211. The number of benzene rings is 1. The second-order valence-electron chi connectivity index (χ2n) is 5.17. The van der Waals surface area contributed by atoms with Crippen LogP contribution < -0.4 is 5.32 Å². The number of hydrogen-bond acceptors (Lipinski definition) is 3. The summed E-state index contributed by atoms with van der Waals surface area (Å²) in [5.74, 6) is 0. The Morgan fingerprint density at radius 1 is 1.30 bits per heavy atom. The van der Waals surface area contributed by atoms with Gasteiger partial charge in [-0.15, -0.1) is 0 Å². The van der Waals surface area contributed by atoms with Crippen LogP contribution in [0.1, 0.15) is 52.4 Å². The first-order valence-corrected chi connectivity index (χ1v) is 7.63. The predicted molar refractivity (Wildman–Crippen MR) is 84.6 cm³/mol. The lowest BCUT2D eigenvalue weighted by atomic mass is 10.1. The molecule has 0 spiro atoms. The van der Waals surface area contributed by atoms with Gasteiger partial charge in [0, 0.05) is 18.2 Å². The molecule has 0 saturated carbocycles. The minimum Gasteiger partial charge on any atom is -0.381 e. The standard InChI is InChI=1S/C15H23ClN2O2/c1-3-4-5-6-7-8-12(2)17-15-10-9-13(18(19)20)11-14(15)16/h9-12,17H,3-8H2,1-2H3. The van der Waals surface area contributed by atoms with E-state index in [4.69, 9.17) is 11.6 Å². The number of halogens is 1. The van der Waals surface area contributed by atoms with E-state index in [2.05, 4.69) is 19.2 Å². The number of nitrogens with one attached hydrogen (secondary N) is 1. The van der Waals surface area contributed by atoms with Crippen molar-refractivity contribution < 1.29 is 4.92 Å². The van der Waals surface area contributed by atoms with Crippen molar-refractivity contribution in [2.75, 3.05) is 5.32 Å². The van der Waals surface area contributed by atoms with E-state index < -0.39 is 4.92 Å². The van der Waals surface area contributed by atoms with Gasteiger partial charge in [-0.25, -0.2) is 0 Å². The van der Waals surface area contributed by atoms with Gasteiger partial charge in [-0.1, -0.05) is 50.6 Å². The Morgan fingerprint density at radius 3 is 2.60 bits per heavy atom. The van der Waals surface area contributed by atoms with Gasteiger partial charge in [0.15, 0.2) is 0 Å². The van der Waals surface area contributed by atoms with Crippen molar-refractivity contribution in [1.82, 2.24) is 0 Å². The van der Waals surface area contributed by atoms with E-state index in [-0.39, 0.29) is 5.69 Å². The maximum atomic E-state index is 10.6. The van der Waals surface area contributed by atoms with Crippen LogP contribution in [0.5, 0.6) is 0 Å². The normalized spacial score (nSPS) is 12.2. The third kappa shape index (κ3) is 5.78. The number of anilines is 1. The number of hydrogen-bond donors (Lipinski definition) is 1. The van der Waals surface area contributed by atoms with Gasteiger partial charge in [0.25, 0.3) is 5.69 Å². The summed E-state index contributed by atoms with van der Waals surface area (Å²) in [7, 11) is 0. The summed E-state index contributed by atoms with van der Waals surface area (Å²) in [6, 6.07) is 4.85. The molecule has 0 aromatic heterocycles. The summed E-state index contributed by atoms with van der Waals surface area (Å²) < 4.78 is 0. The van der Waals surface area contributed by atoms with Crippen LogP contribution in [-0.2, 0) is 0 Å². The molecule has 0 radical (unpaired) electrons. The van der Waals surface area contributed by atoms with E-state index in [9.17, 15) is 10.1 Å². The van der Waals surface area contributed by atoms with Crippen molar-refractivity contribution in [2.45, 2.75) is 58.4 Å². The number of unbranched alkanes of at least 4 members (excludes halogenated alkanes) is 4. The Kier molecular flexibility index (Phi) is 7.37. The summed E-state index contributed by atoms with van der Waals surface area (Å²) in [6.07, 6.45) is 7.38. The van der Waals surface area contributed by atoms with Gasteiger partial charge in [0.2, 0.25) is 0 Å². The van der Waals surface area contributed by atoms with Crippen LogP contribution in [0.3, 0.4) is 0 Å². The number of non-ortho nitro benzene ring substituents is 1. The largest absolute Gasteiger partial charge is 0.381 e. The third-order valence-electron chi connectivity index (χ3n) is 3.31. The van der Waals surface area contributed by atoms with E-state index in [1.54, 1.807) is 6.07 Å². The van der Waals surface area contributed by atoms with Gasteiger partial charge in [0.05, 0.1) is 15.6 Å². The van der Waals surface area contributed by atoms with Gasteiger partial charge in [-0.3, -0.25) is 10.1 Å². The molecular formula is C15H23ClN2O2. The zero-order chi connectivity index (χ0) is 15.0. The van der Waals surface area contributed by atoms with Crippen molar-refractivity contribution >= 4 is 23.0 Å². The van der Waals surface area contributed by atoms with Crippen LogP contribution in [0.4, 0.5) is 11.4 Å². The zero-order valence-electron chi connectivity index (χ0n) is 12.2. The molecule has 1 N–H and O–H groups in total. The summed E-state index contributed by atoms with van der Waals surface area (Å²) in [4.78, 5) is 10.2. The lowest BCUT2D eigenvalue weighted by molar-refractivity contribution is -0.384. The monoisotopic (exact) mass is 298 g/mol. The van der Waals surface area contributed by atoms with Gasteiger partial charge >= 0.3 is 0 Å². The SMILES string of the molecule is CCCCCCCC(C)Nc1ccc([N+](=O)[O-])cc1Cl. The quantitative estimate of drug-likeness (QED) is 0.377. The average Bonchev–Trinajstić information content (AvgIpc) is 2.40. The Balaban J connectivity index is 2.41. The fourth-order valence-corrected chi connectivity index (χ4v) is 2.36. The fraction of sp³-hybridized carbons (Fsp3) is 0.600. The van der Waals surface area contributed by atoms with Crippen LogP contribution in [-0.4, -0.2) is 11.0 Å². The highest BCUT2D eigenvalue weighted by Gasteiger charge is 2.10. The van der Waals surface area contributed by atoms with Gasteiger partial charge in [-0.2, -0.15) is 0 Å². The second kappa shape index (κ2) is 8.80. The molecule has 1 aromatic rings. The average molecular weight is 299 g/mol. The minimum atomic E-state index is -0.438. The highest BCUT2D eigenvalue weighted by atomic mass is 35.5. The first kappa shape index (κ1) is 16.8. The topological polar surface area (TPSA) is 55.2 Å². The van der Waals surface area contributed by atoms with Crippen LogP contribution in [0, 0.1) is 10.1 Å². The molecule has 0 saturated heterocycles. The Hall–Kier alpha value is -1.29. The van der Waals surface area contributed by atoms with E-state index in [1.165, 1.54) is 44.2 Å². The fourth-order valence-electron chi connectivity index (χ4n) is 2.13. The highest BCUT2D eigenvalue weighted by Crippen LogP contribution is 2.27. The molecule has 0 aliphatic rings. The Bertz CT molecular complexity index is 438. The maximum Gasteiger partial charge on any atom is 0.271 e. The van der Waals surface area contributed by atoms with Gasteiger partial charge < -0.3 is 5.32 Å². The Morgan fingerprint density at radius 2 is 2.00 bits per heavy atom. The molecule has 112 valence electrons. The van der Waals surface area contributed by atoms with E-state index in [0.29, 0.717) is 11.1 Å². The zero-order valence-corrected chi connectivity index (χ0v) is 12.9. The van der Waals surface area contributed by atoms with Crippen molar-refractivity contribution in [1.29, 1.82) is 0 Å². The molecule has 0 aliphatic heterocycles. The molecule has 0 amide bonds. The highest BCUT2D eigenvalue weighted by molar-refractivity contribution is 6.33. The first-order chi connectivity index (χ1) is 9.54. The summed E-state index contributed by atoms with van der Waals surface area (Å²) in [5, 5.41) is 14.4. The molecule has 0 bridgehead atoms. The molecule has 0 heterocycles. The van der Waals surface area contributed by atoms with Crippen LogP contribution in [0.25, 0.3) is 0 Å². The smallest absolute Gasteiger partial charge is 0.271 e. The molecule has 5 heteroatoms. The van der Waals surface area contributed by atoms with Crippen LogP contribution in [0.2, 0.25) is 5.02 Å². The lowest BCUT2D eigenvalue weighted by Gasteiger charge is -2.16. The van der Waals surface area contributed by atoms with Gasteiger partial charge in [0.1, 0.15) is 0 Å². The molecule has 1 rings (SSSR count). The summed E-state index contributed by atoms with van der Waals surface area (Å²) >= 11 is 6.05. The predicted octanol–water partition coefficient (Wildman–Crippen LogP) is 5.41. The van der Waals surface area contributed by atoms with E-state index >= 15 is 0 Å². The van der Waals surface area contributed by atoms with Crippen molar-refractivity contribution in [3.05, 3.63) is 33.3 Å². The second-order valence-corrected chi connectivity index (χ2v) is 5.58. The number of nitro benzene ring substituents is 1. The van der Waals surface area contributed by atoms with Crippen molar-refractivity contribution in [3.8, 4) is 0 Å². The van der Waals surface area contributed by atoms with E-state index in [1.807, 2.05) is 0 Å². The third-order valence-corrected chi connectivity index (χ3v) is 3.62. The lowest BCUT2D eigenvalue weighted by Crippen LogP contribution is -2.15. The number of rotatable bonds is 9. The summed E-state index contributed by atoms with van der Waals surface area (Å²) in [6.45, 7) is 4.32. The number of nitrogens with zero attached hydrogens (tertiary/aromatic N) is 1. The first-order valence-electron chi connectivity index (χ1n) is 7.25. The van der Waals surface area contributed by atoms with Crippen molar-refractivity contribution in [3.63, 3.8) is 0 Å². The van der Waals surface area contributed by atoms with Crippen molar-refractivity contribution in [2.24, 2.45) is 0 Å². The Labute approximate surface area is 125 Å². The molecule has 20 heavy (non-hydrogen) atoms. The molecule has 1 aromatic carbocycles. The molecule has 1 atom stereocenters. The molecule has 1 unspecified atom stereocenters. The maximum absolute atomic E-state index is 10.6. The molecule has 0 fully saturated rings. The molecule has 0 aliphatic carbocycles. The van der Waals surface area contributed by atoms with Crippen LogP contribution >= 0.6 is 11.6 Å². The molecular weight excluding hydrogens is 276 g/mol. The van der Waals surface area contributed by atoms with Crippen LogP contribution in [0.15, 0.2) is 18.2 Å². The van der Waals surface area contributed by atoms with Gasteiger partial charge in [-0.05, 0) is 19.4 Å². The number of nitro groups is 1. The van der Waals surface area contributed by atoms with E-state index in [0.717, 1.165) is 12.1 Å². The molecule has 4 nitrogen and oxygen atoms in total.